The molecule has 0 aliphatic heterocycles. The van der Waals surface area contributed by atoms with Gasteiger partial charge in [-0.3, -0.25) is 0 Å². The van der Waals surface area contributed by atoms with Crippen molar-refractivity contribution in [2.45, 2.75) is 33.2 Å². The number of halogens is 2. The van der Waals surface area contributed by atoms with Crippen LogP contribution in [0.1, 0.15) is 27.2 Å². The van der Waals surface area contributed by atoms with Crippen LogP contribution < -0.4 is 11.1 Å². The van der Waals surface area contributed by atoms with Gasteiger partial charge >= 0.3 is 0 Å². The summed E-state index contributed by atoms with van der Waals surface area (Å²) in [6.45, 7) is 6.78. The summed E-state index contributed by atoms with van der Waals surface area (Å²) in [7, 11) is 0. The van der Waals surface area contributed by atoms with Gasteiger partial charge in [-0.2, -0.15) is 0 Å². The molecule has 0 aliphatic rings. The molecule has 1 atom stereocenters. The Kier molecular flexibility index (Phi) is 4.71. The Balaban J connectivity index is 2.86. The third-order valence-corrected chi connectivity index (χ3v) is 2.83. The van der Waals surface area contributed by atoms with Crippen LogP contribution in [0.2, 0.25) is 5.02 Å². The Morgan fingerprint density at radius 3 is 2.65 bits per heavy atom. The summed E-state index contributed by atoms with van der Waals surface area (Å²) in [5.41, 5.74) is 5.55. The lowest BCUT2D eigenvalue weighted by atomic mass is 9.85. The molecule has 1 unspecified atom stereocenters. The molecule has 0 aliphatic carbocycles. The molecular formula is C12H19ClFN3. The van der Waals surface area contributed by atoms with Crippen LogP contribution in [0, 0.1) is 11.2 Å². The van der Waals surface area contributed by atoms with E-state index in [1.807, 2.05) is 0 Å². The van der Waals surface area contributed by atoms with Crippen LogP contribution in [0.15, 0.2) is 12.3 Å². The molecular weight excluding hydrogens is 241 g/mol. The van der Waals surface area contributed by atoms with Gasteiger partial charge in [0.25, 0.3) is 0 Å². The van der Waals surface area contributed by atoms with Crippen molar-refractivity contribution in [3.05, 3.63) is 23.1 Å². The minimum absolute atomic E-state index is 0.0207. The third-order valence-electron chi connectivity index (χ3n) is 2.62. The molecule has 3 nitrogen and oxygen atoms in total. The number of anilines is 1. The lowest BCUT2D eigenvalue weighted by Gasteiger charge is -2.31. The van der Waals surface area contributed by atoms with Crippen LogP contribution in [0.5, 0.6) is 0 Å². The highest BCUT2D eigenvalue weighted by molar-refractivity contribution is 6.30. The molecule has 1 rings (SSSR count). The maximum absolute atomic E-state index is 13.6. The van der Waals surface area contributed by atoms with E-state index in [9.17, 15) is 4.39 Å². The molecule has 1 aromatic heterocycles. The number of nitrogens with zero attached hydrogens (tertiary/aromatic N) is 1. The average molecular weight is 260 g/mol. The Bertz CT molecular complexity index is 377. The molecule has 0 fully saturated rings. The predicted octanol–water partition coefficient (Wildman–Crippen LogP) is 3.05. The van der Waals surface area contributed by atoms with E-state index >= 15 is 0 Å². The van der Waals surface area contributed by atoms with Crippen LogP contribution in [0.4, 0.5) is 10.2 Å². The van der Waals surface area contributed by atoms with Crippen LogP contribution in [0.3, 0.4) is 0 Å². The summed E-state index contributed by atoms with van der Waals surface area (Å²) in [5, 5.41) is 3.38. The first-order chi connectivity index (χ1) is 7.84. The quantitative estimate of drug-likeness (QED) is 0.874. The highest BCUT2D eigenvalue weighted by Gasteiger charge is 2.25. The van der Waals surface area contributed by atoms with E-state index in [2.05, 4.69) is 31.1 Å². The molecule has 0 bridgehead atoms. The summed E-state index contributed by atoms with van der Waals surface area (Å²) in [5.74, 6) is -0.216. The number of pyridine rings is 1. The smallest absolute Gasteiger partial charge is 0.166 e. The topological polar surface area (TPSA) is 50.9 Å². The fourth-order valence-electron chi connectivity index (χ4n) is 1.57. The standard InChI is InChI=1S/C12H19ClFN3/c1-12(2,3)10(4-5-15)17-11-9(14)6-8(13)7-16-11/h6-7,10H,4-5,15H2,1-3H3,(H,16,17). The fraction of sp³-hybridized carbons (Fsp3) is 0.583. The maximum Gasteiger partial charge on any atom is 0.166 e. The summed E-state index contributed by atoms with van der Waals surface area (Å²) >= 11 is 5.65. The minimum atomic E-state index is -0.441. The van der Waals surface area contributed by atoms with Gasteiger partial charge in [0.05, 0.1) is 5.02 Å². The van der Waals surface area contributed by atoms with E-state index in [4.69, 9.17) is 17.3 Å². The van der Waals surface area contributed by atoms with Crippen LogP contribution in [0.25, 0.3) is 0 Å². The molecule has 0 saturated heterocycles. The zero-order chi connectivity index (χ0) is 13.1. The molecule has 0 aromatic carbocycles. The van der Waals surface area contributed by atoms with Crippen molar-refractivity contribution >= 4 is 17.4 Å². The second kappa shape index (κ2) is 5.65. The molecule has 0 radical (unpaired) electrons. The second-order valence-electron chi connectivity index (χ2n) is 5.12. The van der Waals surface area contributed by atoms with Crippen molar-refractivity contribution in [1.82, 2.24) is 4.98 Å². The van der Waals surface area contributed by atoms with Gasteiger partial charge in [-0.25, -0.2) is 9.37 Å². The van der Waals surface area contributed by atoms with Gasteiger partial charge in [0, 0.05) is 12.2 Å². The number of nitrogens with two attached hydrogens (primary N) is 1. The second-order valence-corrected chi connectivity index (χ2v) is 5.56. The number of hydrogen-bond acceptors (Lipinski definition) is 3. The van der Waals surface area contributed by atoms with E-state index in [1.165, 1.54) is 12.3 Å². The Morgan fingerprint density at radius 1 is 1.53 bits per heavy atom. The zero-order valence-corrected chi connectivity index (χ0v) is 11.2. The summed E-state index contributed by atoms with van der Waals surface area (Å²) in [4.78, 5) is 3.95. The summed E-state index contributed by atoms with van der Waals surface area (Å²) < 4.78 is 13.6. The molecule has 5 heteroatoms. The van der Waals surface area contributed by atoms with Crippen molar-refractivity contribution in [3.63, 3.8) is 0 Å². The number of nitrogens with one attached hydrogen (secondary N) is 1. The first kappa shape index (κ1) is 14.2. The van der Waals surface area contributed by atoms with Gasteiger partial charge in [-0.05, 0) is 24.4 Å². The van der Waals surface area contributed by atoms with Crippen molar-refractivity contribution in [2.75, 3.05) is 11.9 Å². The fourth-order valence-corrected chi connectivity index (χ4v) is 1.72. The van der Waals surface area contributed by atoms with Gasteiger partial charge in [-0.15, -0.1) is 0 Å². The molecule has 3 N–H and O–H groups in total. The highest BCUT2D eigenvalue weighted by Crippen LogP contribution is 2.26. The Morgan fingerprint density at radius 2 is 2.18 bits per heavy atom. The highest BCUT2D eigenvalue weighted by atomic mass is 35.5. The third kappa shape index (κ3) is 4.13. The average Bonchev–Trinajstić information content (AvgIpc) is 2.19. The van der Waals surface area contributed by atoms with E-state index in [-0.39, 0.29) is 17.3 Å². The normalized spacial score (nSPS) is 13.5. The van der Waals surface area contributed by atoms with Crippen molar-refractivity contribution in [1.29, 1.82) is 0 Å². The Hall–Kier alpha value is -0.870. The maximum atomic E-state index is 13.6. The first-order valence-electron chi connectivity index (χ1n) is 5.62. The Labute approximate surface area is 107 Å². The van der Waals surface area contributed by atoms with Gasteiger partial charge in [-0.1, -0.05) is 32.4 Å². The molecule has 0 amide bonds. The van der Waals surface area contributed by atoms with E-state index in [1.54, 1.807) is 0 Å². The monoisotopic (exact) mass is 259 g/mol. The van der Waals surface area contributed by atoms with E-state index in [0.29, 0.717) is 11.6 Å². The molecule has 17 heavy (non-hydrogen) atoms. The number of aromatic nitrogens is 1. The molecule has 1 heterocycles. The molecule has 0 spiro atoms. The van der Waals surface area contributed by atoms with Crippen LogP contribution in [-0.4, -0.2) is 17.6 Å². The minimum Gasteiger partial charge on any atom is -0.364 e. The predicted molar refractivity (Wildman–Crippen MR) is 69.7 cm³/mol. The number of rotatable bonds is 4. The molecule has 1 aromatic rings. The lowest BCUT2D eigenvalue weighted by molar-refractivity contribution is 0.327. The summed E-state index contributed by atoms with van der Waals surface area (Å²) in [6.07, 6.45) is 2.18. The van der Waals surface area contributed by atoms with Gasteiger partial charge < -0.3 is 11.1 Å². The van der Waals surface area contributed by atoms with E-state index < -0.39 is 5.82 Å². The van der Waals surface area contributed by atoms with Crippen molar-refractivity contribution < 1.29 is 4.39 Å². The van der Waals surface area contributed by atoms with E-state index in [0.717, 1.165) is 6.42 Å². The van der Waals surface area contributed by atoms with Crippen LogP contribution >= 0.6 is 11.6 Å². The first-order valence-corrected chi connectivity index (χ1v) is 6.00. The van der Waals surface area contributed by atoms with Gasteiger partial charge in [0.2, 0.25) is 0 Å². The largest absolute Gasteiger partial charge is 0.364 e. The molecule has 0 saturated carbocycles. The van der Waals surface area contributed by atoms with Crippen molar-refractivity contribution in [2.24, 2.45) is 11.1 Å². The molecule has 96 valence electrons. The zero-order valence-electron chi connectivity index (χ0n) is 10.4. The van der Waals surface area contributed by atoms with Gasteiger partial charge in [0.15, 0.2) is 11.6 Å². The summed E-state index contributed by atoms with van der Waals surface area (Å²) in [6, 6.07) is 1.31. The van der Waals surface area contributed by atoms with Crippen LogP contribution in [-0.2, 0) is 0 Å². The number of hydrogen-bond donors (Lipinski definition) is 2. The van der Waals surface area contributed by atoms with Gasteiger partial charge in [0.1, 0.15) is 0 Å². The SMILES string of the molecule is CC(C)(C)C(CCN)Nc1ncc(Cl)cc1F. The lowest BCUT2D eigenvalue weighted by Crippen LogP contribution is -2.36. The van der Waals surface area contributed by atoms with Crippen molar-refractivity contribution in [3.8, 4) is 0 Å².